The van der Waals surface area contributed by atoms with E-state index in [1.165, 1.54) is 12.1 Å². The molecule has 0 bridgehead atoms. The number of fused-ring (bicyclic) bond motifs is 1. The lowest BCUT2D eigenvalue weighted by Gasteiger charge is -2.07. The van der Waals surface area contributed by atoms with Crippen LogP contribution in [0.3, 0.4) is 0 Å². The van der Waals surface area contributed by atoms with Gasteiger partial charge in [0.25, 0.3) is 0 Å². The monoisotopic (exact) mass is 337 g/mol. The molecular formula is C15H13BrFNO2. The van der Waals surface area contributed by atoms with E-state index >= 15 is 0 Å². The van der Waals surface area contributed by atoms with Gasteiger partial charge < -0.3 is 14.8 Å². The molecule has 5 heteroatoms. The predicted molar refractivity (Wildman–Crippen MR) is 77.2 cm³/mol. The smallest absolute Gasteiger partial charge is 0.231 e. The number of hydrogen-bond acceptors (Lipinski definition) is 3. The van der Waals surface area contributed by atoms with E-state index in [0.717, 1.165) is 27.1 Å². The van der Waals surface area contributed by atoms with Gasteiger partial charge in [0.15, 0.2) is 11.5 Å². The molecule has 0 radical (unpaired) electrons. The summed E-state index contributed by atoms with van der Waals surface area (Å²) >= 11 is 3.47. The van der Waals surface area contributed by atoms with E-state index in [1.807, 2.05) is 12.1 Å². The molecule has 0 spiro atoms. The maximum atomic E-state index is 12.8. The van der Waals surface area contributed by atoms with Crippen molar-refractivity contribution in [3.05, 3.63) is 57.8 Å². The van der Waals surface area contributed by atoms with Gasteiger partial charge in [0.2, 0.25) is 6.79 Å². The van der Waals surface area contributed by atoms with Crippen LogP contribution >= 0.6 is 15.9 Å². The Morgan fingerprint density at radius 1 is 1.05 bits per heavy atom. The molecule has 0 aromatic heterocycles. The highest BCUT2D eigenvalue weighted by Crippen LogP contribution is 2.39. The molecule has 0 atom stereocenters. The first-order valence-corrected chi connectivity index (χ1v) is 7.05. The van der Waals surface area contributed by atoms with Gasteiger partial charge in [-0.15, -0.1) is 0 Å². The fourth-order valence-electron chi connectivity index (χ4n) is 2.08. The highest BCUT2D eigenvalue weighted by Gasteiger charge is 2.17. The average Bonchev–Trinajstić information content (AvgIpc) is 2.90. The zero-order chi connectivity index (χ0) is 13.9. The van der Waals surface area contributed by atoms with Crippen molar-refractivity contribution in [2.24, 2.45) is 0 Å². The average molecular weight is 338 g/mol. The summed E-state index contributed by atoms with van der Waals surface area (Å²) in [7, 11) is 0. The Hall–Kier alpha value is -1.59. The molecule has 1 aliphatic rings. The summed E-state index contributed by atoms with van der Waals surface area (Å²) in [4.78, 5) is 0. The van der Waals surface area contributed by atoms with Crippen molar-refractivity contribution in [3.8, 4) is 11.5 Å². The molecule has 1 N–H and O–H groups in total. The molecular weight excluding hydrogens is 325 g/mol. The minimum Gasteiger partial charge on any atom is -0.454 e. The zero-order valence-electron chi connectivity index (χ0n) is 10.7. The zero-order valence-corrected chi connectivity index (χ0v) is 12.2. The van der Waals surface area contributed by atoms with E-state index in [9.17, 15) is 4.39 Å². The van der Waals surface area contributed by atoms with Gasteiger partial charge in [0.1, 0.15) is 5.82 Å². The quantitative estimate of drug-likeness (QED) is 0.924. The fourth-order valence-corrected chi connectivity index (χ4v) is 2.68. The van der Waals surface area contributed by atoms with Crippen LogP contribution in [-0.2, 0) is 13.1 Å². The first kappa shape index (κ1) is 13.4. The number of benzene rings is 2. The highest BCUT2D eigenvalue weighted by molar-refractivity contribution is 9.10. The Kier molecular flexibility index (Phi) is 3.89. The van der Waals surface area contributed by atoms with Crippen molar-refractivity contribution in [1.82, 2.24) is 5.32 Å². The summed E-state index contributed by atoms with van der Waals surface area (Å²) in [6.45, 7) is 1.65. The second-order valence-electron chi connectivity index (χ2n) is 4.54. The van der Waals surface area contributed by atoms with Gasteiger partial charge in [-0.2, -0.15) is 0 Å². The number of rotatable bonds is 4. The second kappa shape index (κ2) is 5.81. The van der Waals surface area contributed by atoms with Crippen molar-refractivity contribution in [2.75, 3.05) is 6.79 Å². The van der Waals surface area contributed by atoms with Gasteiger partial charge in [0, 0.05) is 13.1 Å². The SMILES string of the molecule is Fc1ccc(CNCc2cc(Br)c3c(c2)OCO3)cc1. The van der Waals surface area contributed by atoms with Crippen molar-refractivity contribution >= 4 is 15.9 Å². The summed E-state index contributed by atoms with van der Waals surface area (Å²) in [5.74, 6) is 1.30. The van der Waals surface area contributed by atoms with Crippen LogP contribution in [0, 0.1) is 5.82 Å². The molecule has 104 valence electrons. The summed E-state index contributed by atoms with van der Waals surface area (Å²) in [5.41, 5.74) is 2.15. The molecule has 0 fully saturated rings. The van der Waals surface area contributed by atoms with E-state index in [0.29, 0.717) is 13.1 Å². The van der Waals surface area contributed by atoms with E-state index in [1.54, 1.807) is 12.1 Å². The van der Waals surface area contributed by atoms with Crippen molar-refractivity contribution in [3.63, 3.8) is 0 Å². The Morgan fingerprint density at radius 3 is 2.60 bits per heavy atom. The number of halogens is 2. The number of hydrogen-bond donors (Lipinski definition) is 1. The summed E-state index contributed by atoms with van der Waals surface area (Å²) in [6.07, 6.45) is 0. The molecule has 3 nitrogen and oxygen atoms in total. The molecule has 0 saturated carbocycles. The van der Waals surface area contributed by atoms with Gasteiger partial charge in [-0.05, 0) is 51.3 Å². The first-order chi connectivity index (χ1) is 9.72. The second-order valence-corrected chi connectivity index (χ2v) is 5.40. The summed E-state index contributed by atoms with van der Waals surface area (Å²) in [6, 6.07) is 10.5. The largest absolute Gasteiger partial charge is 0.454 e. The Bertz CT molecular complexity index is 616. The Labute approximate surface area is 124 Å². The first-order valence-electron chi connectivity index (χ1n) is 6.25. The highest BCUT2D eigenvalue weighted by atomic mass is 79.9. The van der Waals surface area contributed by atoms with Crippen LogP contribution in [0.15, 0.2) is 40.9 Å². The molecule has 2 aromatic rings. The van der Waals surface area contributed by atoms with Crippen LogP contribution < -0.4 is 14.8 Å². The summed E-state index contributed by atoms with van der Waals surface area (Å²) < 4.78 is 24.4. The van der Waals surface area contributed by atoms with Gasteiger partial charge in [0.05, 0.1) is 4.47 Å². The Morgan fingerprint density at radius 2 is 1.80 bits per heavy atom. The van der Waals surface area contributed by atoms with Crippen molar-refractivity contribution < 1.29 is 13.9 Å². The van der Waals surface area contributed by atoms with Crippen LogP contribution in [-0.4, -0.2) is 6.79 Å². The lowest BCUT2D eigenvalue weighted by atomic mass is 10.2. The predicted octanol–water partition coefficient (Wildman–Crippen LogP) is 3.61. The van der Waals surface area contributed by atoms with E-state index < -0.39 is 0 Å². The third kappa shape index (κ3) is 2.94. The lowest BCUT2D eigenvalue weighted by molar-refractivity contribution is 0.173. The molecule has 3 rings (SSSR count). The third-order valence-electron chi connectivity index (χ3n) is 3.06. The van der Waals surface area contributed by atoms with Crippen LogP contribution in [0.5, 0.6) is 11.5 Å². The Balaban J connectivity index is 1.61. The van der Waals surface area contributed by atoms with E-state index in [2.05, 4.69) is 21.2 Å². The fraction of sp³-hybridized carbons (Fsp3) is 0.200. The normalized spacial score (nSPS) is 12.7. The molecule has 1 heterocycles. The lowest BCUT2D eigenvalue weighted by Crippen LogP contribution is -2.12. The van der Waals surface area contributed by atoms with Crippen LogP contribution in [0.1, 0.15) is 11.1 Å². The maximum absolute atomic E-state index is 12.8. The minimum atomic E-state index is -0.214. The maximum Gasteiger partial charge on any atom is 0.231 e. The van der Waals surface area contributed by atoms with Crippen LogP contribution in [0.25, 0.3) is 0 Å². The minimum absolute atomic E-state index is 0.214. The summed E-state index contributed by atoms with van der Waals surface area (Å²) in [5, 5.41) is 3.32. The van der Waals surface area contributed by atoms with E-state index in [-0.39, 0.29) is 12.6 Å². The van der Waals surface area contributed by atoms with Crippen molar-refractivity contribution in [1.29, 1.82) is 0 Å². The van der Waals surface area contributed by atoms with Gasteiger partial charge in [-0.1, -0.05) is 12.1 Å². The van der Waals surface area contributed by atoms with Gasteiger partial charge >= 0.3 is 0 Å². The molecule has 20 heavy (non-hydrogen) atoms. The molecule has 0 saturated heterocycles. The molecule has 0 aliphatic carbocycles. The topological polar surface area (TPSA) is 30.5 Å². The molecule has 0 amide bonds. The van der Waals surface area contributed by atoms with Crippen molar-refractivity contribution in [2.45, 2.75) is 13.1 Å². The van der Waals surface area contributed by atoms with E-state index in [4.69, 9.17) is 9.47 Å². The number of ether oxygens (including phenoxy) is 2. The number of nitrogens with one attached hydrogen (secondary N) is 1. The molecule has 1 aliphatic heterocycles. The molecule has 0 unspecified atom stereocenters. The van der Waals surface area contributed by atoms with Gasteiger partial charge in [-0.3, -0.25) is 0 Å². The van der Waals surface area contributed by atoms with Crippen LogP contribution in [0.2, 0.25) is 0 Å². The van der Waals surface area contributed by atoms with Gasteiger partial charge in [-0.25, -0.2) is 4.39 Å². The molecule has 2 aromatic carbocycles. The standard InChI is InChI=1S/C15H13BrFNO2/c16-13-5-11(6-14-15(13)20-9-19-14)8-18-7-10-1-3-12(17)4-2-10/h1-6,18H,7-9H2. The van der Waals surface area contributed by atoms with Crippen LogP contribution in [0.4, 0.5) is 4.39 Å². The third-order valence-corrected chi connectivity index (χ3v) is 3.65.